The van der Waals surface area contributed by atoms with Crippen molar-refractivity contribution < 1.29 is 9.18 Å². The molecule has 148 valence electrons. The number of nitrogens with two attached hydrogens (primary N) is 1. The van der Waals surface area contributed by atoms with Gasteiger partial charge in [-0.2, -0.15) is 0 Å². The van der Waals surface area contributed by atoms with Crippen LogP contribution in [-0.4, -0.2) is 32.3 Å². The topological polar surface area (TPSA) is 73.4 Å². The summed E-state index contributed by atoms with van der Waals surface area (Å²) >= 11 is 0. The number of rotatable bonds is 8. The second-order valence-corrected chi connectivity index (χ2v) is 7.07. The van der Waals surface area contributed by atoms with Gasteiger partial charge in [0, 0.05) is 36.9 Å². The number of likely N-dealkylation sites (N-methyl/N-ethyl adjacent to an activating group) is 1. The maximum absolute atomic E-state index is 14.2. The highest BCUT2D eigenvalue weighted by atomic mass is 19.1. The van der Waals surface area contributed by atoms with E-state index < -0.39 is 5.82 Å². The summed E-state index contributed by atoms with van der Waals surface area (Å²) < 4.78 is 14.2. The standard InChI is InChI=1S/C22H27FN4O/c1-16(2)14-27(22(28)20-9-4-5-10-21(20)23)19-8-6-7-18(13-19)26(3)15-17(25)11-12-24/h4-13,16,24H,14-15,25H2,1-3H3/b17-11-,24-12?. The summed E-state index contributed by atoms with van der Waals surface area (Å²) in [5, 5.41) is 7.11. The number of carbonyl (C=O) groups is 1. The van der Waals surface area contributed by atoms with E-state index in [0.29, 0.717) is 24.5 Å². The third-order valence-electron chi connectivity index (χ3n) is 4.20. The van der Waals surface area contributed by atoms with E-state index in [-0.39, 0.29) is 17.4 Å². The van der Waals surface area contributed by atoms with E-state index in [1.807, 2.05) is 50.1 Å². The van der Waals surface area contributed by atoms with Crippen molar-refractivity contribution in [3.05, 3.63) is 71.7 Å². The Balaban J connectivity index is 2.37. The minimum atomic E-state index is -0.529. The summed E-state index contributed by atoms with van der Waals surface area (Å²) in [6, 6.07) is 13.5. The second-order valence-electron chi connectivity index (χ2n) is 7.07. The van der Waals surface area contributed by atoms with Crippen molar-refractivity contribution in [1.82, 2.24) is 0 Å². The Morgan fingerprint density at radius 1 is 1.18 bits per heavy atom. The minimum absolute atomic E-state index is 0.0556. The Kier molecular flexibility index (Phi) is 7.32. The molecule has 2 aromatic rings. The number of hydrogen-bond acceptors (Lipinski definition) is 4. The maximum Gasteiger partial charge on any atom is 0.261 e. The Morgan fingerprint density at radius 3 is 2.50 bits per heavy atom. The molecule has 3 N–H and O–H groups in total. The molecule has 0 radical (unpaired) electrons. The summed E-state index contributed by atoms with van der Waals surface area (Å²) in [4.78, 5) is 16.6. The molecule has 0 bridgehead atoms. The third-order valence-corrected chi connectivity index (χ3v) is 4.20. The molecule has 0 aliphatic rings. The Labute approximate surface area is 165 Å². The van der Waals surface area contributed by atoms with Gasteiger partial charge in [0.05, 0.1) is 12.1 Å². The van der Waals surface area contributed by atoms with Gasteiger partial charge < -0.3 is 20.9 Å². The normalized spacial score (nSPS) is 11.4. The first kappa shape index (κ1) is 21.2. The zero-order valence-corrected chi connectivity index (χ0v) is 16.5. The minimum Gasteiger partial charge on any atom is -0.401 e. The van der Waals surface area contributed by atoms with Crippen LogP contribution in [0.2, 0.25) is 0 Å². The zero-order chi connectivity index (χ0) is 20.7. The van der Waals surface area contributed by atoms with E-state index in [9.17, 15) is 9.18 Å². The first-order valence-electron chi connectivity index (χ1n) is 9.16. The average Bonchev–Trinajstić information content (AvgIpc) is 2.66. The molecule has 0 aromatic heterocycles. The third kappa shape index (κ3) is 5.42. The van der Waals surface area contributed by atoms with Crippen molar-refractivity contribution in [2.45, 2.75) is 13.8 Å². The fraction of sp³-hybridized carbons (Fsp3) is 0.273. The molecule has 0 saturated carbocycles. The van der Waals surface area contributed by atoms with Crippen LogP contribution in [0.15, 0.2) is 60.3 Å². The number of amides is 1. The van der Waals surface area contributed by atoms with Crippen LogP contribution in [0.25, 0.3) is 0 Å². The van der Waals surface area contributed by atoms with E-state index in [0.717, 1.165) is 11.9 Å². The quantitative estimate of drug-likeness (QED) is 0.676. The largest absolute Gasteiger partial charge is 0.401 e. The molecule has 28 heavy (non-hydrogen) atoms. The number of hydrogen-bond donors (Lipinski definition) is 2. The molecule has 2 rings (SSSR count). The van der Waals surface area contributed by atoms with Gasteiger partial charge in [-0.25, -0.2) is 4.39 Å². The monoisotopic (exact) mass is 382 g/mol. The van der Waals surface area contributed by atoms with Crippen LogP contribution in [0.3, 0.4) is 0 Å². The van der Waals surface area contributed by atoms with Crippen LogP contribution in [-0.2, 0) is 0 Å². The number of carbonyl (C=O) groups excluding carboxylic acids is 1. The lowest BCUT2D eigenvalue weighted by Crippen LogP contribution is -2.35. The molecule has 0 aliphatic heterocycles. The van der Waals surface area contributed by atoms with Crippen molar-refractivity contribution in [1.29, 1.82) is 5.41 Å². The smallest absolute Gasteiger partial charge is 0.261 e. The fourth-order valence-corrected chi connectivity index (χ4v) is 2.87. The van der Waals surface area contributed by atoms with Gasteiger partial charge in [0.2, 0.25) is 0 Å². The van der Waals surface area contributed by atoms with E-state index in [1.165, 1.54) is 18.2 Å². The predicted octanol–water partition coefficient (Wildman–Crippen LogP) is 4.06. The van der Waals surface area contributed by atoms with Gasteiger partial charge in [-0.15, -0.1) is 0 Å². The molecule has 0 saturated heterocycles. The van der Waals surface area contributed by atoms with Crippen molar-refractivity contribution in [3.63, 3.8) is 0 Å². The van der Waals surface area contributed by atoms with Crippen LogP contribution in [0.4, 0.5) is 15.8 Å². The Bertz CT molecular complexity index is 863. The van der Waals surface area contributed by atoms with Gasteiger partial charge in [0.15, 0.2) is 0 Å². The van der Waals surface area contributed by atoms with Crippen molar-refractivity contribution >= 4 is 23.5 Å². The SMILES string of the molecule is CC(C)CN(C(=O)c1ccccc1F)c1cccc(N(C)C/C(N)=C/C=N)c1. The van der Waals surface area contributed by atoms with Crippen LogP contribution in [0.1, 0.15) is 24.2 Å². The van der Waals surface area contributed by atoms with Gasteiger partial charge in [-0.3, -0.25) is 4.79 Å². The summed E-state index contributed by atoms with van der Waals surface area (Å²) in [5.74, 6) is -0.683. The summed E-state index contributed by atoms with van der Waals surface area (Å²) in [6.07, 6.45) is 2.68. The number of nitrogens with zero attached hydrogens (tertiary/aromatic N) is 2. The van der Waals surface area contributed by atoms with Crippen LogP contribution >= 0.6 is 0 Å². The zero-order valence-electron chi connectivity index (χ0n) is 16.5. The Morgan fingerprint density at radius 2 is 1.86 bits per heavy atom. The summed E-state index contributed by atoms with van der Waals surface area (Å²) in [7, 11) is 1.88. The van der Waals surface area contributed by atoms with Crippen molar-refractivity contribution in [2.75, 3.05) is 29.9 Å². The molecule has 0 unspecified atom stereocenters. The lowest BCUT2D eigenvalue weighted by Gasteiger charge is -2.27. The number of anilines is 2. The van der Waals surface area contributed by atoms with Crippen molar-refractivity contribution in [3.8, 4) is 0 Å². The number of benzene rings is 2. The molecular formula is C22H27FN4O. The van der Waals surface area contributed by atoms with Gasteiger partial charge >= 0.3 is 0 Å². The average molecular weight is 382 g/mol. The molecule has 0 atom stereocenters. The van der Waals surface area contributed by atoms with Crippen molar-refractivity contribution in [2.24, 2.45) is 11.7 Å². The molecule has 0 spiro atoms. The molecular weight excluding hydrogens is 355 g/mol. The highest BCUT2D eigenvalue weighted by Gasteiger charge is 2.22. The number of allylic oxidation sites excluding steroid dienone is 1. The van der Waals surface area contributed by atoms with E-state index >= 15 is 0 Å². The van der Waals surface area contributed by atoms with Gasteiger partial charge in [-0.1, -0.05) is 32.0 Å². The highest BCUT2D eigenvalue weighted by molar-refractivity contribution is 6.06. The molecule has 5 nitrogen and oxygen atoms in total. The van der Waals surface area contributed by atoms with Crippen LogP contribution in [0, 0.1) is 17.1 Å². The molecule has 2 aromatic carbocycles. The first-order valence-corrected chi connectivity index (χ1v) is 9.16. The van der Waals surface area contributed by atoms with Crippen LogP contribution in [0.5, 0.6) is 0 Å². The predicted molar refractivity (Wildman–Crippen MR) is 114 cm³/mol. The molecule has 0 heterocycles. The molecule has 0 aliphatic carbocycles. The maximum atomic E-state index is 14.2. The summed E-state index contributed by atoms with van der Waals surface area (Å²) in [6.45, 7) is 4.95. The summed E-state index contributed by atoms with van der Waals surface area (Å²) in [5.41, 5.74) is 8.07. The first-order chi connectivity index (χ1) is 13.3. The lowest BCUT2D eigenvalue weighted by atomic mass is 10.1. The van der Waals surface area contributed by atoms with E-state index in [4.69, 9.17) is 11.1 Å². The molecule has 6 heteroatoms. The van der Waals surface area contributed by atoms with E-state index in [1.54, 1.807) is 17.0 Å². The number of halogens is 1. The lowest BCUT2D eigenvalue weighted by molar-refractivity contribution is 0.0980. The highest BCUT2D eigenvalue weighted by Crippen LogP contribution is 2.25. The van der Waals surface area contributed by atoms with Gasteiger partial charge in [0.1, 0.15) is 5.82 Å². The van der Waals surface area contributed by atoms with E-state index in [2.05, 4.69) is 0 Å². The second kappa shape index (κ2) is 9.69. The fourth-order valence-electron chi connectivity index (χ4n) is 2.87. The number of nitrogens with one attached hydrogen (secondary N) is 1. The molecule has 1 amide bonds. The van der Waals surface area contributed by atoms with Gasteiger partial charge in [0.25, 0.3) is 5.91 Å². The molecule has 0 fully saturated rings. The Hall–Kier alpha value is -3.15. The van der Waals surface area contributed by atoms with Gasteiger partial charge in [-0.05, 0) is 42.3 Å². The van der Waals surface area contributed by atoms with Crippen LogP contribution < -0.4 is 15.5 Å².